The Bertz CT molecular complexity index is 844. The summed E-state index contributed by atoms with van der Waals surface area (Å²) in [7, 11) is 0. The van der Waals surface area contributed by atoms with Crippen molar-refractivity contribution in [1.29, 1.82) is 0 Å². The summed E-state index contributed by atoms with van der Waals surface area (Å²) in [6.07, 6.45) is 0. The van der Waals surface area contributed by atoms with Gasteiger partial charge >= 0.3 is 0 Å². The second-order valence-corrected chi connectivity index (χ2v) is 5.97. The summed E-state index contributed by atoms with van der Waals surface area (Å²) in [4.78, 5) is 0.331. The van der Waals surface area contributed by atoms with E-state index in [4.69, 9.17) is 29.6 Å². The van der Waals surface area contributed by atoms with Gasteiger partial charge in [-0.1, -0.05) is 29.9 Å². The minimum absolute atomic E-state index is 0.331. The maximum atomic E-state index is 6.29. The first-order chi connectivity index (χ1) is 10.1. The number of rotatable bonds is 3. The standard InChI is InChI=1S/C14H11ClN4S2/c1-7-2-3-8(14(16)20)11(6-7)17-12-9(15)4-5-10-13(12)19-21-18-10/h2-6,17H,1H3,(H2,16,20). The van der Waals surface area contributed by atoms with Crippen LogP contribution in [0.25, 0.3) is 11.0 Å². The highest BCUT2D eigenvalue weighted by molar-refractivity contribution is 7.80. The first-order valence-corrected chi connectivity index (χ1v) is 7.66. The zero-order chi connectivity index (χ0) is 15.0. The van der Waals surface area contributed by atoms with E-state index in [1.807, 2.05) is 31.2 Å². The first-order valence-electron chi connectivity index (χ1n) is 6.14. The molecule has 0 atom stereocenters. The zero-order valence-electron chi connectivity index (χ0n) is 11.1. The number of nitrogens with one attached hydrogen (secondary N) is 1. The molecule has 0 bridgehead atoms. The van der Waals surface area contributed by atoms with E-state index in [2.05, 4.69) is 14.1 Å². The fourth-order valence-electron chi connectivity index (χ4n) is 2.06. The fraction of sp³-hybridized carbons (Fsp3) is 0.0714. The smallest absolute Gasteiger partial charge is 0.129 e. The van der Waals surface area contributed by atoms with Gasteiger partial charge in [-0.3, -0.25) is 0 Å². The van der Waals surface area contributed by atoms with Gasteiger partial charge in [-0.25, -0.2) is 0 Å². The lowest BCUT2D eigenvalue weighted by Gasteiger charge is -2.13. The van der Waals surface area contributed by atoms with Gasteiger partial charge in [0.05, 0.1) is 22.4 Å². The quantitative estimate of drug-likeness (QED) is 0.708. The minimum atomic E-state index is 0.331. The number of hydrogen-bond acceptors (Lipinski definition) is 5. The van der Waals surface area contributed by atoms with Crippen molar-refractivity contribution in [1.82, 2.24) is 8.75 Å². The molecule has 3 rings (SSSR count). The maximum absolute atomic E-state index is 6.29. The van der Waals surface area contributed by atoms with Crippen molar-refractivity contribution in [2.24, 2.45) is 5.73 Å². The SMILES string of the molecule is Cc1ccc(C(N)=S)c(Nc2c(Cl)ccc3nsnc23)c1. The van der Waals surface area contributed by atoms with E-state index in [0.717, 1.165) is 39.6 Å². The van der Waals surface area contributed by atoms with E-state index in [9.17, 15) is 0 Å². The van der Waals surface area contributed by atoms with Gasteiger partial charge in [0.25, 0.3) is 0 Å². The highest BCUT2D eigenvalue weighted by atomic mass is 35.5. The molecule has 0 aliphatic heterocycles. The number of thiocarbonyl (C=S) groups is 1. The van der Waals surface area contributed by atoms with Crippen molar-refractivity contribution in [2.45, 2.75) is 6.92 Å². The lowest BCUT2D eigenvalue weighted by atomic mass is 10.1. The van der Waals surface area contributed by atoms with Gasteiger partial charge in [-0.2, -0.15) is 8.75 Å². The number of aryl methyl sites for hydroxylation is 1. The number of halogens is 1. The molecule has 0 aliphatic carbocycles. The Morgan fingerprint density at radius 3 is 2.86 bits per heavy atom. The fourth-order valence-corrected chi connectivity index (χ4v) is 2.98. The second kappa shape index (κ2) is 5.55. The Labute approximate surface area is 136 Å². The molecule has 0 radical (unpaired) electrons. The molecule has 4 nitrogen and oxygen atoms in total. The lowest BCUT2D eigenvalue weighted by molar-refractivity contribution is 1.43. The predicted octanol–water partition coefficient (Wildman–Crippen LogP) is 4.03. The third-order valence-corrected chi connectivity index (χ3v) is 4.15. The topological polar surface area (TPSA) is 63.8 Å². The van der Waals surface area contributed by atoms with Gasteiger partial charge in [0, 0.05) is 11.3 Å². The Morgan fingerprint density at radius 2 is 2.10 bits per heavy atom. The zero-order valence-corrected chi connectivity index (χ0v) is 13.4. The number of benzene rings is 2. The van der Waals surface area contributed by atoms with Crippen LogP contribution in [0, 0.1) is 6.92 Å². The van der Waals surface area contributed by atoms with Crippen molar-refractivity contribution in [3.05, 3.63) is 46.5 Å². The number of nitrogens with two attached hydrogens (primary N) is 1. The van der Waals surface area contributed by atoms with Crippen LogP contribution in [0.5, 0.6) is 0 Å². The molecule has 106 valence electrons. The van der Waals surface area contributed by atoms with Crippen molar-refractivity contribution < 1.29 is 0 Å². The molecule has 0 unspecified atom stereocenters. The highest BCUT2D eigenvalue weighted by Gasteiger charge is 2.13. The average Bonchev–Trinajstić information content (AvgIpc) is 2.90. The average molecular weight is 335 g/mol. The summed E-state index contributed by atoms with van der Waals surface area (Å²) in [5.74, 6) is 0. The molecule has 0 saturated heterocycles. The molecule has 0 spiro atoms. The monoisotopic (exact) mass is 334 g/mol. The molecule has 0 amide bonds. The highest BCUT2D eigenvalue weighted by Crippen LogP contribution is 2.33. The van der Waals surface area contributed by atoms with E-state index in [-0.39, 0.29) is 0 Å². The van der Waals surface area contributed by atoms with Crippen LogP contribution >= 0.6 is 35.5 Å². The van der Waals surface area contributed by atoms with Crippen molar-refractivity contribution >= 4 is 62.9 Å². The molecule has 21 heavy (non-hydrogen) atoms. The number of nitrogens with zero attached hydrogens (tertiary/aromatic N) is 2. The van der Waals surface area contributed by atoms with Crippen LogP contribution in [-0.2, 0) is 0 Å². The number of hydrogen-bond donors (Lipinski definition) is 2. The molecule has 0 aliphatic rings. The number of anilines is 2. The lowest BCUT2D eigenvalue weighted by Crippen LogP contribution is -2.12. The summed E-state index contributed by atoms with van der Waals surface area (Å²) in [5, 5.41) is 3.87. The third kappa shape index (κ3) is 2.70. The minimum Gasteiger partial charge on any atom is -0.389 e. The summed E-state index contributed by atoms with van der Waals surface area (Å²) < 4.78 is 8.51. The number of aromatic nitrogens is 2. The second-order valence-electron chi connectivity index (χ2n) is 4.59. The molecular weight excluding hydrogens is 324 g/mol. The van der Waals surface area contributed by atoms with Gasteiger partial charge in [0.1, 0.15) is 16.0 Å². The molecule has 3 N–H and O–H groups in total. The summed E-state index contributed by atoms with van der Waals surface area (Å²) in [5.41, 5.74) is 10.7. The summed E-state index contributed by atoms with van der Waals surface area (Å²) >= 11 is 12.5. The third-order valence-electron chi connectivity index (χ3n) is 3.08. The largest absolute Gasteiger partial charge is 0.389 e. The molecule has 0 fully saturated rings. The maximum Gasteiger partial charge on any atom is 0.129 e. The first kappa shape index (κ1) is 14.2. The van der Waals surface area contributed by atoms with E-state index < -0.39 is 0 Å². The van der Waals surface area contributed by atoms with Gasteiger partial charge in [0.2, 0.25) is 0 Å². The van der Waals surface area contributed by atoms with Crippen molar-refractivity contribution in [3.63, 3.8) is 0 Å². The molecule has 3 aromatic rings. The Balaban J connectivity index is 2.14. The van der Waals surface area contributed by atoms with Gasteiger partial charge in [0.15, 0.2) is 0 Å². The van der Waals surface area contributed by atoms with Gasteiger partial charge < -0.3 is 11.1 Å². The molecule has 7 heteroatoms. The van der Waals surface area contributed by atoms with Crippen LogP contribution in [-0.4, -0.2) is 13.7 Å². The van der Waals surface area contributed by atoms with Crippen LogP contribution in [0.4, 0.5) is 11.4 Å². The van der Waals surface area contributed by atoms with E-state index in [0.29, 0.717) is 15.7 Å². The Morgan fingerprint density at radius 1 is 1.29 bits per heavy atom. The van der Waals surface area contributed by atoms with E-state index in [1.165, 1.54) is 0 Å². The van der Waals surface area contributed by atoms with Crippen LogP contribution in [0.2, 0.25) is 5.02 Å². The van der Waals surface area contributed by atoms with E-state index >= 15 is 0 Å². The van der Waals surface area contributed by atoms with E-state index in [1.54, 1.807) is 6.07 Å². The summed E-state index contributed by atoms with van der Waals surface area (Å²) in [6.45, 7) is 2.00. The molecule has 1 heterocycles. The van der Waals surface area contributed by atoms with Crippen LogP contribution in [0.3, 0.4) is 0 Å². The molecule has 1 aromatic heterocycles. The Kier molecular flexibility index (Phi) is 3.75. The van der Waals surface area contributed by atoms with Crippen molar-refractivity contribution in [2.75, 3.05) is 5.32 Å². The number of fused-ring (bicyclic) bond motifs is 1. The van der Waals surface area contributed by atoms with Crippen LogP contribution in [0.15, 0.2) is 30.3 Å². The van der Waals surface area contributed by atoms with Crippen LogP contribution in [0.1, 0.15) is 11.1 Å². The predicted molar refractivity (Wildman–Crippen MR) is 92.8 cm³/mol. The normalized spacial score (nSPS) is 10.8. The Hall–Kier alpha value is -1.76. The van der Waals surface area contributed by atoms with Crippen molar-refractivity contribution in [3.8, 4) is 0 Å². The summed E-state index contributed by atoms with van der Waals surface area (Å²) in [6, 6.07) is 9.48. The molecule has 2 aromatic carbocycles. The van der Waals surface area contributed by atoms with Crippen LogP contribution < -0.4 is 11.1 Å². The molecule has 0 saturated carbocycles. The van der Waals surface area contributed by atoms with Gasteiger partial charge in [-0.15, -0.1) is 0 Å². The molecular formula is C14H11ClN4S2. The van der Waals surface area contributed by atoms with Gasteiger partial charge in [-0.05, 0) is 36.8 Å².